The number of rotatable bonds is 2. The van der Waals surface area contributed by atoms with Gasteiger partial charge in [0.05, 0.1) is 6.54 Å². The number of guanidine groups is 1. The van der Waals surface area contributed by atoms with Gasteiger partial charge in [0.2, 0.25) is 0 Å². The normalized spacial score (nSPS) is 18.8. The lowest BCUT2D eigenvalue weighted by molar-refractivity contribution is 0.520. The largest absolute Gasteiger partial charge is 0.352 e. The molecule has 92 valence electrons. The zero-order valence-electron chi connectivity index (χ0n) is 9.23. The predicted molar refractivity (Wildman–Crippen MR) is 58.1 cm³/mol. The van der Waals surface area contributed by atoms with Gasteiger partial charge < -0.3 is 10.6 Å². The Labute approximate surface area is 96.7 Å². The Bertz CT molecular complexity index is 436. The summed E-state index contributed by atoms with van der Waals surface area (Å²) in [5.74, 6) is -2.22. The number of hydrogen-bond donors (Lipinski definition) is 2. The summed E-state index contributed by atoms with van der Waals surface area (Å²) in [4.78, 5) is 4.08. The first kappa shape index (κ1) is 11.8. The van der Waals surface area contributed by atoms with E-state index in [1.807, 2.05) is 6.92 Å². The van der Waals surface area contributed by atoms with Crippen molar-refractivity contribution < 1.29 is 13.2 Å². The van der Waals surface area contributed by atoms with Crippen LogP contribution in [0.15, 0.2) is 17.1 Å². The number of hydrogen-bond acceptors (Lipinski definition) is 3. The van der Waals surface area contributed by atoms with Crippen LogP contribution in [0.5, 0.6) is 0 Å². The van der Waals surface area contributed by atoms with E-state index in [-0.39, 0.29) is 18.2 Å². The minimum absolute atomic E-state index is 0.0729. The van der Waals surface area contributed by atoms with Gasteiger partial charge >= 0.3 is 0 Å². The second-order valence-electron chi connectivity index (χ2n) is 3.94. The fraction of sp³-hybridized carbons (Fsp3) is 0.364. The molecule has 1 atom stereocenters. The maximum absolute atomic E-state index is 13.3. The monoisotopic (exact) mass is 243 g/mol. The first-order valence-electron chi connectivity index (χ1n) is 5.24. The van der Waals surface area contributed by atoms with Crippen molar-refractivity contribution in [3.05, 3.63) is 35.1 Å². The third-order valence-electron chi connectivity index (χ3n) is 2.44. The zero-order valence-corrected chi connectivity index (χ0v) is 9.23. The lowest BCUT2D eigenvalue weighted by atomic mass is 10.2. The summed E-state index contributed by atoms with van der Waals surface area (Å²) in [5.41, 5.74) is -0.199. The summed E-state index contributed by atoms with van der Waals surface area (Å²) >= 11 is 0. The van der Waals surface area contributed by atoms with Gasteiger partial charge in [-0.3, -0.25) is 4.99 Å². The van der Waals surface area contributed by atoms with E-state index in [1.165, 1.54) is 0 Å². The maximum atomic E-state index is 13.3. The molecule has 0 fully saturated rings. The minimum Gasteiger partial charge on any atom is -0.352 e. The summed E-state index contributed by atoms with van der Waals surface area (Å²) in [6, 6.07) is 1.53. The van der Waals surface area contributed by atoms with Crippen LogP contribution in [0, 0.1) is 17.5 Å². The van der Waals surface area contributed by atoms with Crippen molar-refractivity contribution in [3.63, 3.8) is 0 Å². The zero-order chi connectivity index (χ0) is 12.4. The molecule has 1 unspecified atom stereocenters. The molecule has 3 nitrogen and oxygen atoms in total. The Hall–Kier alpha value is -1.72. The van der Waals surface area contributed by atoms with Crippen LogP contribution in [-0.4, -0.2) is 18.5 Å². The summed E-state index contributed by atoms with van der Waals surface area (Å²) < 4.78 is 39.2. The third kappa shape index (κ3) is 2.69. The van der Waals surface area contributed by atoms with E-state index in [4.69, 9.17) is 0 Å². The average Bonchev–Trinajstić information content (AvgIpc) is 2.62. The van der Waals surface area contributed by atoms with Crippen LogP contribution in [-0.2, 0) is 6.54 Å². The average molecular weight is 243 g/mol. The molecule has 2 rings (SSSR count). The fourth-order valence-corrected chi connectivity index (χ4v) is 1.57. The Morgan fingerprint density at radius 1 is 1.35 bits per heavy atom. The summed E-state index contributed by atoms with van der Waals surface area (Å²) in [6.07, 6.45) is 0. The van der Waals surface area contributed by atoms with Crippen LogP contribution >= 0.6 is 0 Å². The predicted octanol–water partition coefficient (Wildman–Crippen LogP) is 1.54. The lowest BCUT2D eigenvalue weighted by Gasteiger charge is -2.10. The number of nitrogens with zero attached hydrogens (tertiary/aromatic N) is 1. The second kappa shape index (κ2) is 4.65. The number of benzene rings is 1. The van der Waals surface area contributed by atoms with E-state index >= 15 is 0 Å². The maximum Gasteiger partial charge on any atom is 0.191 e. The molecule has 1 heterocycles. The molecule has 0 bridgehead atoms. The number of nitrogens with one attached hydrogen (secondary N) is 2. The highest BCUT2D eigenvalue weighted by molar-refractivity contribution is 5.81. The van der Waals surface area contributed by atoms with Crippen molar-refractivity contribution in [3.8, 4) is 0 Å². The Kier molecular flexibility index (Phi) is 3.21. The van der Waals surface area contributed by atoms with E-state index < -0.39 is 17.5 Å². The van der Waals surface area contributed by atoms with Gasteiger partial charge in [-0.05, 0) is 6.92 Å². The highest BCUT2D eigenvalue weighted by atomic mass is 19.1. The first-order valence-corrected chi connectivity index (χ1v) is 5.24. The third-order valence-corrected chi connectivity index (χ3v) is 2.44. The van der Waals surface area contributed by atoms with Gasteiger partial charge in [0, 0.05) is 30.3 Å². The second-order valence-corrected chi connectivity index (χ2v) is 3.94. The summed E-state index contributed by atoms with van der Waals surface area (Å²) in [7, 11) is 0. The molecule has 1 aliphatic rings. The van der Waals surface area contributed by atoms with Gasteiger partial charge in [-0.25, -0.2) is 13.2 Å². The van der Waals surface area contributed by atoms with E-state index in [2.05, 4.69) is 15.6 Å². The van der Waals surface area contributed by atoms with Crippen LogP contribution in [0.3, 0.4) is 0 Å². The van der Waals surface area contributed by atoms with Crippen molar-refractivity contribution in [1.82, 2.24) is 10.6 Å². The smallest absolute Gasteiger partial charge is 0.191 e. The lowest BCUT2D eigenvalue weighted by Crippen LogP contribution is -2.37. The Morgan fingerprint density at radius 2 is 2.00 bits per heavy atom. The first-order chi connectivity index (χ1) is 8.06. The van der Waals surface area contributed by atoms with Gasteiger partial charge in [-0.1, -0.05) is 0 Å². The number of halogens is 3. The van der Waals surface area contributed by atoms with Gasteiger partial charge in [0.1, 0.15) is 17.5 Å². The standard InChI is InChI=1S/C11H12F3N3/c1-6-4-15-11(17-6)16-5-8-9(13)2-7(12)3-10(8)14/h2-3,6H,4-5H2,1H3,(H2,15,16,17). The van der Waals surface area contributed by atoms with Crippen LogP contribution in [0.2, 0.25) is 0 Å². The van der Waals surface area contributed by atoms with Crippen LogP contribution in [0.1, 0.15) is 12.5 Å². The van der Waals surface area contributed by atoms with Crippen molar-refractivity contribution >= 4 is 5.96 Å². The van der Waals surface area contributed by atoms with E-state index in [9.17, 15) is 13.2 Å². The van der Waals surface area contributed by atoms with E-state index in [1.54, 1.807) is 0 Å². The van der Waals surface area contributed by atoms with E-state index in [0.717, 1.165) is 0 Å². The SMILES string of the molecule is CC1CN=C(NCc2c(F)cc(F)cc2F)N1. The van der Waals surface area contributed by atoms with Gasteiger partial charge in [0.25, 0.3) is 0 Å². The van der Waals surface area contributed by atoms with Gasteiger partial charge in [-0.15, -0.1) is 0 Å². The summed E-state index contributed by atoms with van der Waals surface area (Å²) in [6.45, 7) is 2.49. The number of aliphatic imine (C=N–C) groups is 1. The molecule has 0 aliphatic carbocycles. The van der Waals surface area contributed by atoms with E-state index in [0.29, 0.717) is 24.6 Å². The molecule has 0 aromatic heterocycles. The molecule has 1 aliphatic heterocycles. The van der Waals surface area contributed by atoms with Crippen LogP contribution in [0.25, 0.3) is 0 Å². The molecule has 0 saturated carbocycles. The molecule has 0 radical (unpaired) electrons. The van der Waals surface area contributed by atoms with Crippen molar-refractivity contribution in [2.45, 2.75) is 19.5 Å². The Balaban J connectivity index is 2.04. The van der Waals surface area contributed by atoms with Crippen LogP contribution < -0.4 is 10.6 Å². The molecule has 0 spiro atoms. The quantitative estimate of drug-likeness (QED) is 0.826. The fourth-order valence-electron chi connectivity index (χ4n) is 1.57. The van der Waals surface area contributed by atoms with Gasteiger partial charge in [0.15, 0.2) is 5.96 Å². The van der Waals surface area contributed by atoms with Crippen molar-refractivity contribution in [1.29, 1.82) is 0 Å². The van der Waals surface area contributed by atoms with Crippen LogP contribution in [0.4, 0.5) is 13.2 Å². The van der Waals surface area contributed by atoms with Crippen molar-refractivity contribution in [2.24, 2.45) is 4.99 Å². The Morgan fingerprint density at radius 3 is 2.53 bits per heavy atom. The molecule has 1 aromatic carbocycles. The molecule has 2 N–H and O–H groups in total. The molecular formula is C11H12F3N3. The molecule has 0 saturated heterocycles. The topological polar surface area (TPSA) is 36.4 Å². The summed E-state index contributed by atoms with van der Waals surface area (Å²) in [5, 5.41) is 5.76. The minimum atomic E-state index is -0.922. The molecule has 6 heteroatoms. The molecule has 0 amide bonds. The van der Waals surface area contributed by atoms with Crippen molar-refractivity contribution in [2.75, 3.05) is 6.54 Å². The molecule has 1 aromatic rings. The highest BCUT2D eigenvalue weighted by Gasteiger charge is 2.15. The molecule has 17 heavy (non-hydrogen) atoms. The van der Waals surface area contributed by atoms with Gasteiger partial charge in [-0.2, -0.15) is 0 Å². The highest BCUT2D eigenvalue weighted by Crippen LogP contribution is 2.14. The molecular weight excluding hydrogens is 231 g/mol.